The maximum absolute atomic E-state index is 11.1. The third-order valence-electron chi connectivity index (χ3n) is 5.05. The highest BCUT2D eigenvalue weighted by atomic mass is 16.5. The van der Waals surface area contributed by atoms with Crippen LogP contribution in [0.2, 0.25) is 0 Å². The van der Waals surface area contributed by atoms with Crippen LogP contribution in [0.1, 0.15) is 59.6 Å². The number of esters is 1. The molecule has 0 aliphatic carbocycles. The van der Waals surface area contributed by atoms with Crippen molar-refractivity contribution >= 4 is 17.0 Å². The van der Waals surface area contributed by atoms with E-state index in [2.05, 4.69) is 64.7 Å². The normalized spacial score (nSPS) is 12.4. The molecule has 0 aliphatic rings. The van der Waals surface area contributed by atoms with E-state index in [1.807, 2.05) is 16.8 Å². The molecular weight excluding hydrogens is 362 g/mol. The van der Waals surface area contributed by atoms with E-state index in [0.29, 0.717) is 6.54 Å². The zero-order chi connectivity index (χ0) is 21.4. The minimum absolute atomic E-state index is 0.0297. The zero-order valence-corrected chi connectivity index (χ0v) is 18.5. The van der Waals surface area contributed by atoms with Crippen LogP contribution in [0.15, 0.2) is 36.5 Å². The van der Waals surface area contributed by atoms with Crippen molar-refractivity contribution in [2.75, 3.05) is 6.61 Å². The summed E-state index contributed by atoms with van der Waals surface area (Å²) >= 11 is 0. The number of carbonyl (C=O) groups excluding carboxylic acids is 1. The number of benzene rings is 1. The average molecular weight is 394 g/mol. The lowest BCUT2D eigenvalue weighted by Crippen LogP contribution is -2.16. The van der Waals surface area contributed by atoms with E-state index in [1.54, 1.807) is 6.20 Å². The molecule has 0 N–H and O–H groups in total. The Morgan fingerprint density at radius 2 is 1.66 bits per heavy atom. The topological polar surface area (TPSA) is 57.0 Å². The first-order chi connectivity index (χ1) is 13.5. The van der Waals surface area contributed by atoms with Crippen LogP contribution in [0.5, 0.6) is 0 Å². The third kappa shape index (κ3) is 4.66. The predicted molar refractivity (Wildman–Crippen MR) is 117 cm³/mol. The maximum atomic E-state index is 11.1. The van der Waals surface area contributed by atoms with Crippen LogP contribution in [-0.2, 0) is 26.9 Å². The van der Waals surface area contributed by atoms with E-state index >= 15 is 0 Å². The monoisotopic (exact) mass is 393 g/mol. The van der Waals surface area contributed by atoms with Crippen molar-refractivity contribution in [3.05, 3.63) is 47.7 Å². The molecule has 0 aliphatic heterocycles. The van der Waals surface area contributed by atoms with E-state index < -0.39 is 0 Å². The van der Waals surface area contributed by atoms with Gasteiger partial charge in [0.05, 0.1) is 6.54 Å². The molecule has 0 bridgehead atoms. The molecule has 0 unspecified atom stereocenters. The van der Waals surface area contributed by atoms with Crippen LogP contribution in [0.25, 0.3) is 22.3 Å². The number of nitrogens with zero attached hydrogens (tertiary/aromatic N) is 3. The van der Waals surface area contributed by atoms with Crippen LogP contribution in [0.3, 0.4) is 0 Å². The van der Waals surface area contributed by atoms with Gasteiger partial charge in [0.1, 0.15) is 12.3 Å². The van der Waals surface area contributed by atoms with Crippen molar-refractivity contribution in [2.45, 2.75) is 65.8 Å². The molecule has 5 nitrogen and oxygen atoms in total. The molecule has 2 aromatic heterocycles. The van der Waals surface area contributed by atoms with Crippen LogP contribution in [-0.4, -0.2) is 27.3 Å². The van der Waals surface area contributed by atoms with Crippen LogP contribution in [0.4, 0.5) is 0 Å². The van der Waals surface area contributed by atoms with Gasteiger partial charge in [-0.15, -0.1) is 0 Å². The molecule has 0 radical (unpaired) electrons. The summed E-state index contributed by atoms with van der Waals surface area (Å²) in [4.78, 5) is 15.6. The summed E-state index contributed by atoms with van der Waals surface area (Å²) in [5.41, 5.74) is 5.43. The van der Waals surface area contributed by atoms with Gasteiger partial charge in [-0.3, -0.25) is 4.79 Å². The lowest BCUT2D eigenvalue weighted by Gasteiger charge is -2.26. The molecule has 0 atom stereocenters. The lowest BCUT2D eigenvalue weighted by molar-refractivity contribution is -0.141. The minimum atomic E-state index is -0.289. The zero-order valence-electron chi connectivity index (χ0n) is 18.5. The number of hydrogen-bond acceptors (Lipinski definition) is 4. The summed E-state index contributed by atoms with van der Waals surface area (Å²) in [6, 6.07) is 10.8. The summed E-state index contributed by atoms with van der Waals surface area (Å²) in [5, 5.41) is 5.87. The number of pyridine rings is 1. The Morgan fingerprint density at radius 3 is 2.21 bits per heavy atom. The second-order valence-electron chi connectivity index (χ2n) is 9.59. The van der Waals surface area contributed by atoms with Gasteiger partial charge in [-0.25, -0.2) is 9.67 Å². The number of ether oxygens (including phenoxy) is 1. The van der Waals surface area contributed by atoms with Crippen molar-refractivity contribution in [1.29, 1.82) is 0 Å². The summed E-state index contributed by atoms with van der Waals surface area (Å²) < 4.78 is 6.94. The van der Waals surface area contributed by atoms with Crippen molar-refractivity contribution in [3.8, 4) is 11.3 Å². The number of fused-ring (bicyclic) bond motifs is 1. The largest absolute Gasteiger partial charge is 0.464 e. The van der Waals surface area contributed by atoms with Gasteiger partial charge in [-0.05, 0) is 46.2 Å². The number of hydrogen-bond donors (Lipinski definition) is 0. The van der Waals surface area contributed by atoms with E-state index in [1.165, 1.54) is 18.1 Å². The Labute approximate surface area is 173 Å². The second kappa shape index (κ2) is 7.62. The standard InChI is InChI=1S/C24H31N3O2/c1-16(28)29-12-11-27-22-20(9-8-10-25-22)21(26-27)17-13-18(23(2,3)4)15-19(14-17)24(5,6)7/h8-10,13-15H,11-12H2,1-7H3. The Bertz CT molecular complexity index is 1000. The summed E-state index contributed by atoms with van der Waals surface area (Å²) in [7, 11) is 0. The molecular formula is C24H31N3O2. The van der Waals surface area contributed by atoms with Crippen LogP contribution in [0, 0.1) is 0 Å². The fourth-order valence-electron chi connectivity index (χ4n) is 3.28. The SMILES string of the molecule is CC(=O)OCCn1nc(-c2cc(C(C)(C)C)cc(C(C)(C)C)c2)c2cccnc21. The Morgan fingerprint density at radius 1 is 1.03 bits per heavy atom. The van der Waals surface area contributed by atoms with E-state index in [0.717, 1.165) is 22.3 Å². The smallest absolute Gasteiger partial charge is 0.302 e. The van der Waals surface area contributed by atoms with Crippen LogP contribution >= 0.6 is 0 Å². The first-order valence-corrected chi connectivity index (χ1v) is 10.1. The molecule has 1 aromatic carbocycles. The predicted octanol–water partition coefficient (Wildman–Crippen LogP) is 5.26. The average Bonchev–Trinajstić information content (AvgIpc) is 2.99. The summed E-state index contributed by atoms with van der Waals surface area (Å²) in [6.45, 7) is 15.6. The molecule has 0 saturated heterocycles. The fourth-order valence-corrected chi connectivity index (χ4v) is 3.28. The van der Waals surface area contributed by atoms with E-state index in [-0.39, 0.29) is 23.4 Å². The van der Waals surface area contributed by atoms with Crippen LogP contribution < -0.4 is 0 Å². The first-order valence-electron chi connectivity index (χ1n) is 10.1. The van der Waals surface area contributed by atoms with Gasteiger partial charge in [0, 0.05) is 24.1 Å². The molecule has 5 heteroatoms. The maximum Gasteiger partial charge on any atom is 0.302 e. The van der Waals surface area contributed by atoms with Gasteiger partial charge in [0.2, 0.25) is 0 Å². The van der Waals surface area contributed by atoms with Crippen molar-refractivity contribution < 1.29 is 9.53 Å². The van der Waals surface area contributed by atoms with Gasteiger partial charge < -0.3 is 4.74 Å². The summed E-state index contributed by atoms with van der Waals surface area (Å²) in [5.74, 6) is -0.289. The molecule has 0 spiro atoms. The third-order valence-corrected chi connectivity index (χ3v) is 5.05. The van der Waals surface area contributed by atoms with E-state index in [9.17, 15) is 4.79 Å². The molecule has 154 valence electrons. The number of carbonyl (C=O) groups is 1. The van der Waals surface area contributed by atoms with Gasteiger partial charge in [-0.1, -0.05) is 47.6 Å². The molecule has 0 saturated carbocycles. The highest BCUT2D eigenvalue weighted by Crippen LogP contribution is 2.35. The number of aromatic nitrogens is 3. The van der Waals surface area contributed by atoms with Gasteiger partial charge in [0.15, 0.2) is 5.65 Å². The Balaban J connectivity index is 2.16. The summed E-state index contributed by atoms with van der Waals surface area (Å²) in [6.07, 6.45) is 1.77. The van der Waals surface area contributed by atoms with Crippen molar-refractivity contribution in [2.24, 2.45) is 0 Å². The quantitative estimate of drug-likeness (QED) is 0.568. The van der Waals surface area contributed by atoms with Gasteiger partial charge in [-0.2, -0.15) is 5.10 Å². The Hall–Kier alpha value is -2.69. The number of rotatable bonds is 4. The first kappa shape index (κ1) is 21.0. The van der Waals surface area contributed by atoms with Crippen molar-refractivity contribution in [3.63, 3.8) is 0 Å². The molecule has 0 fully saturated rings. The minimum Gasteiger partial charge on any atom is -0.464 e. The van der Waals surface area contributed by atoms with Crippen molar-refractivity contribution in [1.82, 2.24) is 14.8 Å². The van der Waals surface area contributed by atoms with Gasteiger partial charge >= 0.3 is 5.97 Å². The Kier molecular flexibility index (Phi) is 5.52. The molecule has 0 amide bonds. The van der Waals surface area contributed by atoms with E-state index in [4.69, 9.17) is 9.84 Å². The molecule has 3 aromatic rings. The lowest BCUT2D eigenvalue weighted by atomic mass is 9.79. The fraction of sp³-hybridized carbons (Fsp3) is 0.458. The highest BCUT2D eigenvalue weighted by Gasteiger charge is 2.23. The molecule has 2 heterocycles. The highest BCUT2D eigenvalue weighted by molar-refractivity contribution is 5.91. The molecule has 3 rings (SSSR count). The van der Waals surface area contributed by atoms with Gasteiger partial charge in [0.25, 0.3) is 0 Å². The second-order valence-corrected chi connectivity index (χ2v) is 9.59. The molecule has 29 heavy (non-hydrogen) atoms.